The van der Waals surface area contributed by atoms with E-state index in [1.54, 1.807) is 0 Å². The van der Waals surface area contributed by atoms with Crippen LogP contribution < -0.4 is 5.32 Å². The number of hydrogen-bond acceptors (Lipinski definition) is 6. The van der Waals surface area contributed by atoms with Crippen molar-refractivity contribution in [3.05, 3.63) is 10.6 Å². The minimum absolute atomic E-state index is 0.148. The van der Waals surface area contributed by atoms with Gasteiger partial charge in [-0.2, -0.15) is 0 Å². The molecule has 106 valence electrons. The molecule has 0 fully saturated rings. The van der Waals surface area contributed by atoms with Gasteiger partial charge >= 0.3 is 5.97 Å². The van der Waals surface area contributed by atoms with E-state index in [9.17, 15) is 9.59 Å². The monoisotopic (exact) mass is 287 g/mol. The van der Waals surface area contributed by atoms with E-state index in [2.05, 4.69) is 14.9 Å². The summed E-state index contributed by atoms with van der Waals surface area (Å²) in [7, 11) is 0. The Hall–Kier alpha value is -1.54. The number of carboxylic acids is 1. The smallest absolute Gasteiger partial charge is 0.329 e. The summed E-state index contributed by atoms with van der Waals surface area (Å²) in [6.45, 7) is 5.89. The second-order valence-electron chi connectivity index (χ2n) is 4.90. The fraction of sp³-hybridized carbons (Fsp3) is 0.636. The first-order chi connectivity index (χ1) is 8.82. The van der Waals surface area contributed by atoms with Crippen LogP contribution in [0.3, 0.4) is 0 Å². The zero-order valence-electron chi connectivity index (χ0n) is 11.1. The van der Waals surface area contributed by atoms with E-state index in [1.807, 2.05) is 20.8 Å². The third-order valence-electron chi connectivity index (χ3n) is 2.16. The number of hydrogen-bond donors (Lipinski definition) is 2. The van der Waals surface area contributed by atoms with E-state index in [-0.39, 0.29) is 31.1 Å². The van der Waals surface area contributed by atoms with Gasteiger partial charge in [0.05, 0.1) is 12.3 Å². The lowest BCUT2D eigenvalue weighted by Crippen LogP contribution is -2.29. The molecule has 0 bridgehead atoms. The van der Waals surface area contributed by atoms with Gasteiger partial charge in [-0.05, 0) is 11.5 Å². The van der Waals surface area contributed by atoms with Gasteiger partial charge in [-0.25, -0.2) is 4.79 Å². The van der Waals surface area contributed by atoms with Crippen LogP contribution in [0.4, 0.5) is 0 Å². The zero-order chi connectivity index (χ0) is 14.5. The second-order valence-corrected chi connectivity index (χ2v) is 5.66. The lowest BCUT2D eigenvalue weighted by atomic mass is 9.91. The molecule has 19 heavy (non-hydrogen) atoms. The Morgan fingerprint density at radius 3 is 2.68 bits per heavy atom. The molecule has 0 radical (unpaired) electrons. The summed E-state index contributed by atoms with van der Waals surface area (Å²) in [6.07, 6.45) is 0. The van der Waals surface area contributed by atoms with Crippen molar-refractivity contribution in [2.24, 2.45) is 0 Å². The molecule has 0 aromatic carbocycles. The number of aromatic nitrogens is 2. The van der Waals surface area contributed by atoms with Gasteiger partial charge in [-0.15, -0.1) is 5.10 Å². The lowest BCUT2D eigenvalue weighted by Gasteiger charge is -2.16. The molecule has 0 saturated carbocycles. The standard InChI is InChI=1S/C11H17N3O4S/c1-11(2,3)9-8(19-14-13-9)10(17)12-4-5-18-6-7(15)16/h4-6H2,1-3H3,(H,12,17)(H,15,16). The second kappa shape index (κ2) is 6.58. The molecule has 2 N–H and O–H groups in total. The van der Waals surface area contributed by atoms with Crippen molar-refractivity contribution < 1.29 is 19.4 Å². The normalized spacial score (nSPS) is 11.3. The minimum atomic E-state index is -1.03. The molecule has 0 spiro atoms. The lowest BCUT2D eigenvalue weighted by molar-refractivity contribution is -0.142. The summed E-state index contributed by atoms with van der Waals surface area (Å²) in [5.74, 6) is -1.30. The van der Waals surface area contributed by atoms with Gasteiger partial charge in [0.15, 0.2) is 0 Å². The number of carbonyl (C=O) groups excluding carboxylic acids is 1. The van der Waals surface area contributed by atoms with Gasteiger partial charge in [0.2, 0.25) is 0 Å². The summed E-state index contributed by atoms with van der Waals surface area (Å²) in [6, 6.07) is 0. The third kappa shape index (κ3) is 4.92. The molecular formula is C11H17N3O4S. The fourth-order valence-corrected chi connectivity index (χ4v) is 2.10. The first kappa shape index (κ1) is 15.5. The molecule has 8 heteroatoms. The van der Waals surface area contributed by atoms with Crippen molar-refractivity contribution in [2.45, 2.75) is 26.2 Å². The Morgan fingerprint density at radius 1 is 1.42 bits per heavy atom. The van der Waals surface area contributed by atoms with Gasteiger partial charge in [-0.1, -0.05) is 25.3 Å². The summed E-state index contributed by atoms with van der Waals surface area (Å²) in [5.41, 5.74) is 0.404. The highest BCUT2D eigenvalue weighted by atomic mass is 32.1. The number of nitrogens with zero attached hydrogens (tertiary/aromatic N) is 2. The van der Waals surface area contributed by atoms with E-state index in [0.717, 1.165) is 11.5 Å². The highest BCUT2D eigenvalue weighted by Crippen LogP contribution is 2.25. The SMILES string of the molecule is CC(C)(C)c1nnsc1C(=O)NCCOCC(=O)O. The fourth-order valence-electron chi connectivity index (χ4n) is 1.31. The van der Waals surface area contributed by atoms with Crippen molar-refractivity contribution in [3.63, 3.8) is 0 Å². The van der Waals surface area contributed by atoms with E-state index in [4.69, 9.17) is 9.84 Å². The maximum Gasteiger partial charge on any atom is 0.329 e. The van der Waals surface area contributed by atoms with E-state index < -0.39 is 5.97 Å². The number of rotatable bonds is 6. The molecular weight excluding hydrogens is 270 g/mol. The van der Waals surface area contributed by atoms with Crippen LogP contribution in [0.25, 0.3) is 0 Å². The Balaban J connectivity index is 2.46. The van der Waals surface area contributed by atoms with Gasteiger partial charge in [-0.3, -0.25) is 4.79 Å². The first-order valence-electron chi connectivity index (χ1n) is 5.73. The molecule has 0 atom stereocenters. The van der Waals surface area contributed by atoms with Gasteiger partial charge in [0, 0.05) is 12.0 Å². The van der Waals surface area contributed by atoms with Crippen molar-refractivity contribution in [3.8, 4) is 0 Å². The Bertz CT molecular complexity index is 453. The number of carbonyl (C=O) groups is 2. The van der Waals surface area contributed by atoms with Crippen molar-refractivity contribution >= 4 is 23.4 Å². The maximum absolute atomic E-state index is 11.9. The molecule has 0 aliphatic carbocycles. The molecule has 1 aromatic heterocycles. The Kier molecular flexibility index (Phi) is 5.37. The minimum Gasteiger partial charge on any atom is -0.480 e. The van der Waals surface area contributed by atoms with Crippen molar-refractivity contribution in [1.82, 2.24) is 14.9 Å². The van der Waals surface area contributed by atoms with Crippen LogP contribution in [0.5, 0.6) is 0 Å². The molecule has 1 amide bonds. The average Bonchev–Trinajstić information content (AvgIpc) is 2.76. The Morgan fingerprint density at radius 2 is 2.11 bits per heavy atom. The van der Waals surface area contributed by atoms with Crippen LogP contribution in [0, 0.1) is 0 Å². The van der Waals surface area contributed by atoms with Gasteiger partial charge in [0.25, 0.3) is 5.91 Å². The summed E-state index contributed by atoms with van der Waals surface area (Å²) < 4.78 is 8.62. The van der Waals surface area contributed by atoms with Crippen LogP contribution in [0.1, 0.15) is 36.1 Å². The molecule has 0 saturated heterocycles. The molecule has 1 rings (SSSR count). The summed E-state index contributed by atoms with van der Waals surface area (Å²) in [4.78, 5) is 22.6. The van der Waals surface area contributed by atoms with Crippen LogP contribution in [0.15, 0.2) is 0 Å². The number of aliphatic carboxylic acids is 1. The van der Waals surface area contributed by atoms with Crippen LogP contribution in [-0.4, -0.2) is 46.3 Å². The van der Waals surface area contributed by atoms with E-state index >= 15 is 0 Å². The molecule has 7 nitrogen and oxygen atoms in total. The Labute approximate surface area is 115 Å². The van der Waals surface area contributed by atoms with Crippen molar-refractivity contribution in [2.75, 3.05) is 19.8 Å². The summed E-state index contributed by atoms with van der Waals surface area (Å²) >= 11 is 1.05. The molecule has 1 heterocycles. The third-order valence-corrected chi connectivity index (χ3v) is 2.89. The number of carboxylic acid groups (broad SMARTS) is 1. The summed E-state index contributed by atoms with van der Waals surface area (Å²) in [5, 5.41) is 15.0. The first-order valence-corrected chi connectivity index (χ1v) is 6.50. The van der Waals surface area contributed by atoms with E-state index in [1.165, 1.54) is 0 Å². The van der Waals surface area contributed by atoms with E-state index in [0.29, 0.717) is 10.6 Å². The van der Waals surface area contributed by atoms with Crippen molar-refractivity contribution in [1.29, 1.82) is 0 Å². The number of amides is 1. The quantitative estimate of drug-likeness (QED) is 0.746. The highest BCUT2D eigenvalue weighted by Gasteiger charge is 2.25. The molecule has 0 aliphatic rings. The largest absolute Gasteiger partial charge is 0.480 e. The van der Waals surface area contributed by atoms with Gasteiger partial charge in [0.1, 0.15) is 11.5 Å². The topological polar surface area (TPSA) is 101 Å². The highest BCUT2D eigenvalue weighted by molar-refractivity contribution is 7.08. The predicted octanol–water partition coefficient (Wildman–Crippen LogP) is 0.667. The molecule has 1 aromatic rings. The van der Waals surface area contributed by atoms with Gasteiger partial charge < -0.3 is 15.2 Å². The average molecular weight is 287 g/mol. The van der Waals surface area contributed by atoms with Crippen LogP contribution >= 0.6 is 11.5 Å². The number of ether oxygens (including phenoxy) is 1. The molecule has 0 unspecified atom stereocenters. The zero-order valence-corrected chi connectivity index (χ0v) is 11.9. The molecule has 0 aliphatic heterocycles. The van der Waals surface area contributed by atoms with Crippen LogP contribution in [0.2, 0.25) is 0 Å². The predicted molar refractivity (Wildman–Crippen MR) is 69.4 cm³/mol. The number of nitrogens with one attached hydrogen (secondary N) is 1. The maximum atomic E-state index is 11.9. The van der Waals surface area contributed by atoms with Crippen LogP contribution in [-0.2, 0) is 14.9 Å².